The molecule has 0 aliphatic carbocycles. The number of rotatable bonds is 3. The average Bonchev–Trinajstić information content (AvgIpc) is 3.16. The molecule has 7 heteroatoms. The summed E-state index contributed by atoms with van der Waals surface area (Å²) < 4.78 is 0. The number of hydrogen-bond acceptors (Lipinski definition) is 3. The monoisotopic (exact) mass is 340 g/mol. The first-order valence-electron chi connectivity index (χ1n) is 6.94. The molecule has 1 fully saturated rings. The number of aromatic amines is 1. The number of nitrogens with zero attached hydrogens (tertiary/aromatic N) is 2. The SMILES string of the molecule is CN(C(=O)c1cn[nH]c1-c1cccc(Cl)c1)C1CCNC1.Cl. The van der Waals surface area contributed by atoms with Crippen LogP contribution >= 0.6 is 24.0 Å². The second-order valence-electron chi connectivity index (χ2n) is 5.23. The largest absolute Gasteiger partial charge is 0.337 e. The quantitative estimate of drug-likeness (QED) is 0.902. The number of carbonyl (C=O) groups excluding carboxylic acids is 1. The third-order valence-electron chi connectivity index (χ3n) is 3.89. The van der Waals surface area contributed by atoms with Crippen LogP contribution in [0.15, 0.2) is 30.5 Å². The highest BCUT2D eigenvalue weighted by Gasteiger charge is 2.26. The van der Waals surface area contributed by atoms with Gasteiger partial charge in [0.1, 0.15) is 0 Å². The minimum absolute atomic E-state index is 0. The number of amides is 1. The van der Waals surface area contributed by atoms with E-state index in [1.807, 2.05) is 25.2 Å². The van der Waals surface area contributed by atoms with Crippen molar-refractivity contribution in [3.8, 4) is 11.3 Å². The fraction of sp³-hybridized carbons (Fsp3) is 0.333. The number of carbonyl (C=O) groups is 1. The molecule has 1 aromatic heterocycles. The maximum absolute atomic E-state index is 12.7. The first-order valence-corrected chi connectivity index (χ1v) is 7.32. The van der Waals surface area contributed by atoms with Crippen LogP contribution in [0.2, 0.25) is 5.02 Å². The van der Waals surface area contributed by atoms with Crippen molar-refractivity contribution in [2.75, 3.05) is 20.1 Å². The van der Waals surface area contributed by atoms with E-state index in [0.717, 1.165) is 25.1 Å². The van der Waals surface area contributed by atoms with E-state index in [4.69, 9.17) is 11.6 Å². The summed E-state index contributed by atoms with van der Waals surface area (Å²) in [4.78, 5) is 14.5. The molecular weight excluding hydrogens is 323 g/mol. The highest BCUT2D eigenvalue weighted by Crippen LogP contribution is 2.25. The van der Waals surface area contributed by atoms with E-state index in [0.29, 0.717) is 16.3 Å². The van der Waals surface area contributed by atoms with Gasteiger partial charge >= 0.3 is 0 Å². The predicted octanol–water partition coefficient (Wildman–Crippen LogP) is 2.59. The van der Waals surface area contributed by atoms with Gasteiger partial charge in [0.15, 0.2) is 0 Å². The molecule has 1 amide bonds. The van der Waals surface area contributed by atoms with E-state index in [1.54, 1.807) is 17.2 Å². The number of halogens is 2. The van der Waals surface area contributed by atoms with Crippen LogP contribution < -0.4 is 5.32 Å². The lowest BCUT2D eigenvalue weighted by Gasteiger charge is -2.23. The number of benzene rings is 1. The van der Waals surface area contributed by atoms with Gasteiger partial charge in [-0.05, 0) is 25.1 Å². The van der Waals surface area contributed by atoms with E-state index < -0.39 is 0 Å². The Balaban J connectivity index is 0.00000176. The summed E-state index contributed by atoms with van der Waals surface area (Å²) in [5.74, 6) is -0.0209. The summed E-state index contributed by atoms with van der Waals surface area (Å²) in [5, 5.41) is 10.8. The first kappa shape index (κ1) is 16.8. The van der Waals surface area contributed by atoms with Crippen LogP contribution in [0.25, 0.3) is 11.3 Å². The molecule has 1 aliphatic heterocycles. The second-order valence-corrected chi connectivity index (χ2v) is 5.67. The molecule has 1 aromatic carbocycles. The highest BCUT2D eigenvalue weighted by atomic mass is 35.5. The van der Waals surface area contributed by atoms with Gasteiger partial charge < -0.3 is 10.2 Å². The fourth-order valence-corrected chi connectivity index (χ4v) is 2.83. The lowest BCUT2D eigenvalue weighted by Crippen LogP contribution is -2.38. The third-order valence-corrected chi connectivity index (χ3v) is 4.12. The average molecular weight is 341 g/mol. The van der Waals surface area contributed by atoms with E-state index in [9.17, 15) is 4.79 Å². The van der Waals surface area contributed by atoms with Gasteiger partial charge in [0.05, 0.1) is 17.5 Å². The Morgan fingerprint density at radius 3 is 2.95 bits per heavy atom. The molecule has 1 unspecified atom stereocenters. The minimum Gasteiger partial charge on any atom is -0.337 e. The number of aromatic nitrogens is 2. The van der Waals surface area contributed by atoms with Crippen molar-refractivity contribution in [3.05, 3.63) is 41.0 Å². The van der Waals surface area contributed by atoms with Crippen molar-refractivity contribution in [2.45, 2.75) is 12.5 Å². The molecule has 0 bridgehead atoms. The van der Waals surface area contributed by atoms with Crippen molar-refractivity contribution < 1.29 is 4.79 Å². The van der Waals surface area contributed by atoms with Crippen LogP contribution in [0.1, 0.15) is 16.8 Å². The Hall–Kier alpha value is -1.56. The second kappa shape index (κ2) is 7.13. The smallest absolute Gasteiger partial charge is 0.257 e. The maximum Gasteiger partial charge on any atom is 0.257 e. The molecule has 3 rings (SSSR count). The van der Waals surface area contributed by atoms with Gasteiger partial charge in [0, 0.05) is 30.2 Å². The lowest BCUT2D eigenvalue weighted by molar-refractivity contribution is 0.0744. The molecule has 118 valence electrons. The zero-order valence-corrected chi connectivity index (χ0v) is 13.7. The van der Waals surface area contributed by atoms with E-state index in [1.165, 1.54) is 0 Å². The van der Waals surface area contributed by atoms with Crippen LogP contribution in [-0.2, 0) is 0 Å². The summed E-state index contributed by atoms with van der Waals surface area (Å²) in [6.45, 7) is 1.79. The lowest BCUT2D eigenvalue weighted by atomic mass is 10.1. The van der Waals surface area contributed by atoms with E-state index >= 15 is 0 Å². The number of hydrogen-bond donors (Lipinski definition) is 2. The highest BCUT2D eigenvalue weighted by molar-refractivity contribution is 6.30. The van der Waals surface area contributed by atoms with Gasteiger partial charge in [-0.1, -0.05) is 23.7 Å². The summed E-state index contributed by atoms with van der Waals surface area (Å²) in [6.07, 6.45) is 2.56. The van der Waals surface area contributed by atoms with Crippen molar-refractivity contribution in [1.29, 1.82) is 0 Å². The number of likely N-dealkylation sites (N-methyl/N-ethyl adjacent to an activating group) is 1. The molecule has 22 heavy (non-hydrogen) atoms. The molecule has 2 heterocycles. The first-order chi connectivity index (χ1) is 10.2. The van der Waals surface area contributed by atoms with Crippen molar-refractivity contribution in [3.63, 3.8) is 0 Å². The van der Waals surface area contributed by atoms with Crippen LogP contribution in [0, 0.1) is 0 Å². The van der Waals surface area contributed by atoms with Crippen molar-refractivity contribution in [2.24, 2.45) is 0 Å². The standard InChI is InChI=1S/C15H17ClN4O.ClH/c1-20(12-5-6-17-8-12)15(21)13-9-18-19-14(13)10-3-2-4-11(16)7-10;/h2-4,7,9,12,17H,5-6,8H2,1H3,(H,18,19);1H. The van der Waals surface area contributed by atoms with Gasteiger partial charge in [0.2, 0.25) is 0 Å². The molecule has 1 aliphatic rings. The molecule has 1 atom stereocenters. The van der Waals surface area contributed by atoms with Gasteiger partial charge in [-0.3, -0.25) is 9.89 Å². The Bertz CT molecular complexity index is 652. The zero-order valence-electron chi connectivity index (χ0n) is 12.2. The number of nitrogens with one attached hydrogen (secondary N) is 2. The molecular formula is C15H18Cl2N4O. The summed E-state index contributed by atoms with van der Waals surface area (Å²) in [6, 6.07) is 7.63. The van der Waals surface area contributed by atoms with E-state index in [-0.39, 0.29) is 24.4 Å². The Morgan fingerprint density at radius 2 is 2.27 bits per heavy atom. The summed E-state index contributed by atoms with van der Waals surface area (Å²) in [7, 11) is 1.84. The summed E-state index contributed by atoms with van der Waals surface area (Å²) in [5.41, 5.74) is 2.15. The Morgan fingerprint density at radius 1 is 1.45 bits per heavy atom. The number of H-pyrrole nitrogens is 1. The molecule has 2 N–H and O–H groups in total. The van der Waals surface area contributed by atoms with Crippen LogP contribution in [-0.4, -0.2) is 47.2 Å². The van der Waals surface area contributed by atoms with Gasteiger partial charge in [-0.15, -0.1) is 12.4 Å². The van der Waals surface area contributed by atoms with Gasteiger partial charge in [-0.2, -0.15) is 5.10 Å². The topological polar surface area (TPSA) is 61.0 Å². The molecule has 0 saturated carbocycles. The van der Waals surface area contributed by atoms with Gasteiger partial charge in [-0.25, -0.2) is 0 Å². The molecule has 0 radical (unpaired) electrons. The van der Waals surface area contributed by atoms with Crippen LogP contribution in [0.3, 0.4) is 0 Å². The molecule has 1 saturated heterocycles. The van der Waals surface area contributed by atoms with Crippen molar-refractivity contribution >= 4 is 29.9 Å². The maximum atomic E-state index is 12.7. The molecule has 0 spiro atoms. The molecule has 5 nitrogen and oxygen atoms in total. The summed E-state index contributed by atoms with van der Waals surface area (Å²) >= 11 is 6.02. The Labute approximate surface area is 140 Å². The molecule has 2 aromatic rings. The zero-order chi connectivity index (χ0) is 14.8. The van der Waals surface area contributed by atoms with Gasteiger partial charge in [0.25, 0.3) is 5.91 Å². The van der Waals surface area contributed by atoms with E-state index in [2.05, 4.69) is 15.5 Å². The van der Waals surface area contributed by atoms with Crippen LogP contribution in [0.5, 0.6) is 0 Å². The predicted molar refractivity (Wildman–Crippen MR) is 89.6 cm³/mol. The fourth-order valence-electron chi connectivity index (χ4n) is 2.64. The Kier molecular flexibility index (Phi) is 5.45. The third kappa shape index (κ3) is 3.27. The minimum atomic E-state index is -0.0209. The van der Waals surface area contributed by atoms with Crippen LogP contribution in [0.4, 0.5) is 0 Å². The van der Waals surface area contributed by atoms with Crippen molar-refractivity contribution in [1.82, 2.24) is 20.4 Å². The normalized spacial score (nSPS) is 17.1.